The Balaban J connectivity index is 2.63. The predicted molar refractivity (Wildman–Crippen MR) is 73.5 cm³/mol. The molecule has 19 heavy (non-hydrogen) atoms. The molecule has 0 aliphatic carbocycles. The number of hydrogen-bond donors (Lipinski definition) is 1. The van der Waals surface area contributed by atoms with Crippen molar-refractivity contribution < 1.29 is 17.9 Å². The van der Waals surface area contributed by atoms with Gasteiger partial charge in [0, 0.05) is 12.1 Å². The van der Waals surface area contributed by atoms with Crippen molar-refractivity contribution in [3.63, 3.8) is 0 Å². The van der Waals surface area contributed by atoms with Gasteiger partial charge in [-0.15, -0.1) is 0 Å². The van der Waals surface area contributed by atoms with Gasteiger partial charge in [0.05, 0.1) is 18.6 Å². The molecule has 7 heteroatoms. The summed E-state index contributed by atoms with van der Waals surface area (Å²) in [5, 5.41) is 0. The first-order chi connectivity index (χ1) is 8.59. The Bertz CT molecular complexity index is 433. The van der Waals surface area contributed by atoms with Gasteiger partial charge in [-0.3, -0.25) is 9.69 Å². The molecule has 1 saturated heterocycles. The third-order valence-electron chi connectivity index (χ3n) is 3.85. The van der Waals surface area contributed by atoms with Gasteiger partial charge < -0.3 is 10.5 Å². The number of sulfone groups is 1. The highest BCUT2D eigenvalue weighted by atomic mass is 32.2. The lowest BCUT2D eigenvalue weighted by atomic mass is 9.93. The molecule has 0 saturated carbocycles. The van der Waals surface area contributed by atoms with Crippen LogP contribution < -0.4 is 5.73 Å². The lowest BCUT2D eigenvalue weighted by molar-refractivity contribution is -0.147. The Kier molecular flexibility index (Phi) is 4.97. The maximum Gasteiger partial charge on any atom is 0.325 e. The molecule has 0 aromatic heterocycles. The van der Waals surface area contributed by atoms with Crippen molar-refractivity contribution in [3.8, 4) is 0 Å². The molecule has 0 spiro atoms. The summed E-state index contributed by atoms with van der Waals surface area (Å²) in [7, 11) is 0.286. The highest BCUT2D eigenvalue weighted by Crippen LogP contribution is 2.22. The van der Waals surface area contributed by atoms with E-state index in [2.05, 4.69) is 4.74 Å². The fourth-order valence-electron chi connectivity index (χ4n) is 2.53. The van der Waals surface area contributed by atoms with Crippen LogP contribution in [-0.4, -0.2) is 62.6 Å². The molecule has 3 atom stereocenters. The molecule has 1 aliphatic rings. The van der Waals surface area contributed by atoms with Crippen molar-refractivity contribution in [2.75, 3.05) is 25.7 Å². The van der Waals surface area contributed by atoms with Crippen LogP contribution in [0.1, 0.15) is 26.7 Å². The average molecular weight is 292 g/mol. The average Bonchev–Trinajstić information content (AvgIpc) is 2.66. The Labute approximate surface area is 115 Å². The fraction of sp³-hybridized carbons (Fsp3) is 0.917. The van der Waals surface area contributed by atoms with Gasteiger partial charge in [-0.05, 0) is 33.7 Å². The number of ether oxygens (including phenoxy) is 1. The van der Waals surface area contributed by atoms with Crippen LogP contribution in [0.4, 0.5) is 0 Å². The number of hydrogen-bond acceptors (Lipinski definition) is 6. The van der Waals surface area contributed by atoms with E-state index in [-0.39, 0.29) is 23.6 Å². The molecule has 1 rings (SSSR count). The molecule has 0 aromatic carbocycles. The second-order valence-corrected chi connectivity index (χ2v) is 7.91. The van der Waals surface area contributed by atoms with Gasteiger partial charge in [-0.2, -0.15) is 0 Å². The van der Waals surface area contributed by atoms with E-state index >= 15 is 0 Å². The van der Waals surface area contributed by atoms with Crippen molar-refractivity contribution >= 4 is 15.8 Å². The number of rotatable bonds is 5. The maximum atomic E-state index is 11.6. The summed E-state index contributed by atoms with van der Waals surface area (Å²) in [5.74, 6) is -0.0225. The first-order valence-electron chi connectivity index (χ1n) is 6.39. The normalized spacial score (nSPS) is 26.9. The summed E-state index contributed by atoms with van der Waals surface area (Å²) in [6.07, 6.45) is 1.06. The third-order valence-corrected chi connectivity index (χ3v) is 5.60. The van der Waals surface area contributed by atoms with Gasteiger partial charge in [0.1, 0.15) is 5.54 Å². The van der Waals surface area contributed by atoms with E-state index in [9.17, 15) is 13.2 Å². The van der Waals surface area contributed by atoms with Gasteiger partial charge >= 0.3 is 5.97 Å². The Morgan fingerprint density at radius 3 is 2.58 bits per heavy atom. The minimum atomic E-state index is -2.90. The van der Waals surface area contributed by atoms with E-state index < -0.39 is 21.3 Å². The van der Waals surface area contributed by atoms with Gasteiger partial charge in [0.25, 0.3) is 0 Å². The van der Waals surface area contributed by atoms with Crippen LogP contribution in [0.3, 0.4) is 0 Å². The zero-order valence-corrected chi connectivity index (χ0v) is 12.9. The van der Waals surface area contributed by atoms with Gasteiger partial charge in [-0.25, -0.2) is 8.42 Å². The van der Waals surface area contributed by atoms with Crippen molar-refractivity contribution in [1.82, 2.24) is 4.90 Å². The first kappa shape index (κ1) is 16.4. The van der Waals surface area contributed by atoms with Crippen LogP contribution in [0.5, 0.6) is 0 Å². The maximum absolute atomic E-state index is 11.6. The molecule has 0 radical (unpaired) electrons. The van der Waals surface area contributed by atoms with Crippen molar-refractivity contribution in [2.45, 2.75) is 44.3 Å². The fourth-order valence-corrected chi connectivity index (χ4v) is 4.32. The minimum absolute atomic E-state index is 0.00685. The summed E-state index contributed by atoms with van der Waals surface area (Å²) >= 11 is 0. The number of carbonyl (C=O) groups is 1. The van der Waals surface area contributed by atoms with Gasteiger partial charge in [0.2, 0.25) is 0 Å². The van der Waals surface area contributed by atoms with Gasteiger partial charge in [0.15, 0.2) is 9.84 Å². The highest BCUT2D eigenvalue weighted by Gasteiger charge is 2.36. The predicted octanol–water partition coefficient (Wildman–Crippen LogP) is -0.226. The summed E-state index contributed by atoms with van der Waals surface area (Å²) in [5.41, 5.74) is 4.89. The van der Waals surface area contributed by atoms with Crippen LogP contribution in [0.2, 0.25) is 0 Å². The summed E-state index contributed by atoms with van der Waals surface area (Å²) in [4.78, 5) is 13.6. The number of nitrogens with zero attached hydrogens (tertiary/aromatic N) is 1. The molecule has 1 fully saturated rings. The van der Waals surface area contributed by atoms with Crippen molar-refractivity contribution in [2.24, 2.45) is 5.73 Å². The van der Waals surface area contributed by atoms with E-state index in [0.717, 1.165) is 0 Å². The van der Waals surface area contributed by atoms with Crippen LogP contribution in [0.25, 0.3) is 0 Å². The molecule has 0 amide bonds. The largest absolute Gasteiger partial charge is 0.468 e. The van der Waals surface area contributed by atoms with Crippen LogP contribution in [0.15, 0.2) is 0 Å². The molecular formula is C12H24N2O4S. The number of nitrogens with two attached hydrogens (primary N) is 1. The van der Waals surface area contributed by atoms with E-state index in [1.807, 2.05) is 18.9 Å². The molecule has 2 N–H and O–H groups in total. The second-order valence-electron chi connectivity index (χ2n) is 5.68. The summed E-state index contributed by atoms with van der Waals surface area (Å²) in [6.45, 7) is 3.58. The van der Waals surface area contributed by atoms with Crippen molar-refractivity contribution in [1.29, 1.82) is 0 Å². The van der Waals surface area contributed by atoms with Crippen LogP contribution >= 0.6 is 0 Å². The molecule has 0 bridgehead atoms. The number of methoxy groups -OCH3 is 1. The van der Waals surface area contributed by atoms with E-state index in [0.29, 0.717) is 12.8 Å². The zero-order valence-electron chi connectivity index (χ0n) is 12.0. The molecule has 0 aromatic rings. The van der Waals surface area contributed by atoms with Crippen molar-refractivity contribution in [3.05, 3.63) is 0 Å². The topological polar surface area (TPSA) is 89.7 Å². The number of carbonyl (C=O) groups excluding carboxylic acids is 1. The van der Waals surface area contributed by atoms with Gasteiger partial charge in [-0.1, -0.05) is 0 Å². The van der Waals surface area contributed by atoms with E-state index in [1.54, 1.807) is 6.92 Å². The van der Waals surface area contributed by atoms with E-state index in [4.69, 9.17) is 5.73 Å². The lowest BCUT2D eigenvalue weighted by Gasteiger charge is -2.34. The molecule has 112 valence electrons. The monoisotopic (exact) mass is 292 g/mol. The molecule has 1 heterocycles. The Hall–Kier alpha value is -0.660. The zero-order chi connectivity index (χ0) is 14.8. The SMILES string of the molecule is COC(=O)C(C)(N)CC(C)N(C)C1CCS(=O)(=O)C1. The Morgan fingerprint density at radius 1 is 1.58 bits per heavy atom. The van der Waals surface area contributed by atoms with E-state index in [1.165, 1.54) is 7.11 Å². The standard InChI is InChI=1S/C12H24N2O4S/c1-9(7-12(2,13)11(15)18-4)14(3)10-5-6-19(16,17)8-10/h9-10H,5-8,13H2,1-4H3. The molecule has 3 unspecified atom stereocenters. The highest BCUT2D eigenvalue weighted by molar-refractivity contribution is 7.91. The Morgan fingerprint density at radius 2 is 2.16 bits per heavy atom. The number of esters is 1. The summed E-state index contributed by atoms with van der Waals surface area (Å²) < 4.78 is 27.6. The molecule has 1 aliphatic heterocycles. The first-order valence-corrected chi connectivity index (χ1v) is 8.21. The summed E-state index contributed by atoms with van der Waals surface area (Å²) in [6, 6.07) is 0.0147. The van der Waals surface area contributed by atoms with Crippen LogP contribution in [-0.2, 0) is 19.4 Å². The lowest BCUT2D eigenvalue weighted by Crippen LogP contribution is -2.51. The minimum Gasteiger partial charge on any atom is -0.468 e. The second kappa shape index (κ2) is 5.76. The molecular weight excluding hydrogens is 268 g/mol. The quantitative estimate of drug-likeness (QED) is 0.704. The third kappa shape index (κ3) is 4.15. The molecule has 6 nitrogen and oxygen atoms in total. The smallest absolute Gasteiger partial charge is 0.325 e. The van der Waals surface area contributed by atoms with Crippen LogP contribution in [0, 0.1) is 0 Å².